The highest BCUT2D eigenvalue weighted by molar-refractivity contribution is 5.94. The number of benzene rings is 1. The van der Waals surface area contributed by atoms with Crippen LogP contribution in [0.1, 0.15) is 0 Å². The molecule has 2 rings (SSSR count). The summed E-state index contributed by atoms with van der Waals surface area (Å²) in [5.41, 5.74) is 12.3. The molecule has 0 radical (unpaired) electrons. The maximum absolute atomic E-state index is 5.84. The number of nitrogens with two attached hydrogens (primary N) is 2. The molecule has 0 unspecified atom stereocenters. The second-order valence-electron chi connectivity index (χ2n) is 4.02. The summed E-state index contributed by atoms with van der Waals surface area (Å²) >= 11 is 0. The van der Waals surface area contributed by atoms with Gasteiger partial charge >= 0.3 is 0 Å². The van der Waals surface area contributed by atoms with E-state index in [1.807, 2.05) is 35.3 Å². The monoisotopic (exact) mass is 331 g/mol. The van der Waals surface area contributed by atoms with E-state index < -0.39 is 0 Å². The average molecular weight is 332 g/mol. The highest BCUT2D eigenvalue weighted by Crippen LogP contribution is 2.19. The molecule has 0 fully saturated rings. The summed E-state index contributed by atoms with van der Waals surface area (Å²) in [5, 5.41) is 0. The molecule has 4 N–H and O–H groups in total. The Morgan fingerprint density at radius 1 is 1.19 bits per heavy atom. The number of hydrogen-bond acceptors (Lipinski definition) is 2. The third-order valence-electron chi connectivity index (χ3n) is 2.67. The molecule has 0 aliphatic carbocycles. The number of nitrogens with zero attached hydrogens (tertiary/aromatic N) is 3. The minimum atomic E-state index is 0. The van der Waals surface area contributed by atoms with Gasteiger partial charge in [0, 0.05) is 19.2 Å². The van der Waals surface area contributed by atoms with E-state index in [1.54, 1.807) is 13.2 Å². The van der Waals surface area contributed by atoms with Gasteiger partial charge in [0.05, 0.1) is 12.8 Å². The van der Waals surface area contributed by atoms with Gasteiger partial charge in [-0.25, -0.2) is 4.99 Å². The third-order valence-corrected chi connectivity index (χ3v) is 2.67. The Morgan fingerprint density at radius 3 is 2.48 bits per heavy atom. The topological polar surface area (TPSA) is 89.2 Å². The summed E-state index contributed by atoms with van der Waals surface area (Å²) < 4.78 is 5.11. The molecule has 1 aliphatic heterocycles. The van der Waals surface area contributed by atoms with Crippen LogP contribution in [0.15, 0.2) is 46.4 Å². The van der Waals surface area contributed by atoms with Gasteiger partial charge < -0.3 is 21.1 Å². The standard InChI is InChI=1S/C13H17N5O.2ClH/c1-19-11-6-4-5-10(9-11)16-12(14)17-13(15)18-7-2-3-8-18;;/h2-6,9H,7-8H2,1H3,(H4,14,15,16,17);2*1H. The molecule has 21 heavy (non-hydrogen) atoms. The van der Waals surface area contributed by atoms with Gasteiger partial charge in [-0.2, -0.15) is 4.99 Å². The van der Waals surface area contributed by atoms with Crippen molar-refractivity contribution in [1.82, 2.24) is 4.90 Å². The van der Waals surface area contributed by atoms with Gasteiger partial charge in [0.25, 0.3) is 0 Å². The number of ether oxygens (including phenoxy) is 1. The predicted molar refractivity (Wildman–Crippen MR) is 91.1 cm³/mol. The van der Waals surface area contributed by atoms with Gasteiger partial charge in [-0.1, -0.05) is 18.2 Å². The first kappa shape index (κ1) is 19.1. The van der Waals surface area contributed by atoms with E-state index in [0.29, 0.717) is 11.6 Å². The number of halogens is 2. The summed E-state index contributed by atoms with van der Waals surface area (Å²) in [6.07, 6.45) is 4.05. The van der Waals surface area contributed by atoms with Crippen molar-refractivity contribution in [3.8, 4) is 5.75 Å². The van der Waals surface area contributed by atoms with Crippen molar-refractivity contribution < 1.29 is 4.74 Å². The van der Waals surface area contributed by atoms with Crippen LogP contribution < -0.4 is 16.2 Å². The van der Waals surface area contributed by atoms with Crippen LogP contribution in [0, 0.1) is 0 Å². The van der Waals surface area contributed by atoms with Crippen molar-refractivity contribution in [2.75, 3.05) is 20.2 Å². The summed E-state index contributed by atoms with van der Waals surface area (Å²) in [6, 6.07) is 7.26. The predicted octanol–water partition coefficient (Wildman–Crippen LogP) is 1.67. The lowest BCUT2D eigenvalue weighted by Crippen LogP contribution is -2.36. The zero-order valence-electron chi connectivity index (χ0n) is 11.6. The lowest BCUT2D eigenvalue weighted by molar-refractivity contribution is 0.415. The van der Waals surface area contributed by atoms with E-state index in [2.05, 4.69) is 9.98 Å². The van der Waals surface area contributed by atoms with Crippen LogP contribution in [0.4, 0.5) is 5.69 Å². The molecule has 0 aromatic heterocycles. The van der Waals surface area contributed by atoms with Crippen molar-refractivity contribution in [3.05, 3.63) is 36.4 Å². The first-order chi connectivity index (χ1) is 9.19. The Kier molecular flexibility index (Phi) is 8.26. The maximum Gasteiger partial charge on any atom is 0.223 e. The Hall–Kier alpha value is -1.92. The molecule has 6 nitrogen and oxygen atoms in total. The molecule has 0 bridgehead atoms. The van der Waals surface area contributed by atoms with Gasteiger partial charge in [-0.3, -0.25) is 0 Å². The molecule has 1 aliphatic rings. The molecular formula is C13H19Cl2N5O. The molecule has 0 atom stereocenters. The summed E-state index contributed by atoms with van der Waals surface area (Å²) in [7, 11) is 1.60. The van der Waals surface area contributed by atoms with Crippen LogP contribution in [0.25, 0.3) is 0 Å². The van der Waals surface area contributed by atoms with Crippen molar-refractivity contribution >= 4 is 42.4 Å². The van der Waals surface area contributed by atoms with Gasteiger partial charge in [0.1, 0.15) is 5.75 Å². The summed E-state index contributed by atoms with van der Waals surface area (Å²) in [6.45, 7) is 1.50. The maximum atomic E-state index is 5.84. The van der Waals surface area contributed by atoms with Crippen LogP contribution >= 0.6 is 24.8 Å². The average Bonchev–Trinajstić information content (AvgIpc) is 2.92. The smallest absolute Gasteiger partial charge is 0.223 e. The molecule has 0 amide bonds. The fraction of sp³-hybridized carbons (Fsp3) is 0.231. The van der Waals surface area contributed by atoms with Crippen LogP contribution in [-0.2, 0) is 0 Å². The number of rotatable bonds is 2. The van der Waals surface area contributed by atoms with Gasteiger partial charge in [0.2, 0.25) is 5.96 Å². The molecule has 0 saturated heterocycles. The molecule has 0 spiro atoms. The number of hydrogen-bond donors (Lipinski definition) is 2. The Morgan fingerprint density at radius 2 is 1.86 bits per heavy atom. The van der Waals surface area contributed by atoms with E-state index in [4.69, 9.17) is 16.2 Å². The van der Waals surface area contributed by atoms with Crippen molar-refractivity contribution in [3.63, 3.8) is 0 Å². The molecule has 1 heterocycles. The molecule has 0 saturated carbocycles. The highest BCUT2D eigenvalue weighted by Gasteiger charge is 2.08. The molecular weight excluding hydrogens is 313 g/mol. The number of aliphatic imine (C=N–C) groups is 2. The Balaban J connectivity index is 0.00000200. The van der Waals surface area contributed by atoms with Gasteiger partial charge in [-0.05, 0) is 12.1 Å². The largest absolute Gasteiger partial charge is 0.497 e. The van der Waals surface area contributed by atoms with Crippen LogP contribution in [0.3, 0.4) is 0 Å². The normalized spacial score (nSPS) is 14.4. The second kappa shape index (κ2) is 9.10. The van der Waals surface area contributed by atoms with Crippen molar-refractivity contribution in [2.24, 2.45) is 21.5 Å². The quantitative estimate of drug-likeness (QED) is 0.490. The van der Waals surface area contributed by atoms with Gasteiger partial charge in [0.15, 0.2) is 5.96 Å². The minimum absolute atomic E-state index is 0. The van der Waals surface area contributed by atoms with Gasteiger partial charge in [-0.15, -0.1) is 24.8 Å². The molecule has 8 heteroatoms. The van der Waals surface area contributed by atoms with E-state index in [9.17, 15) is 0 Å². The first-order valence-electron chi connectivity index (χ1n) is 5.91. The van der Waals surface area contributed by atoms with E-state index in [0.717, 1.165) is 18.8 Å². The molecule has 116 valence electrons. The molecule has 1 aromatic rings. The SMILES string of the molecule is COc1cccc(N=C(N)/N=C(/N)N2CC=CC2)c1.Cl.Cl. The third kappa shape index (κ3) is 5.53. The summed E-state index contributed by atoms with van der Waals surface area (Å²) in [4.78, 5) is 10.2. The fourth-order valence-corrected chi connectivity index (χ4v) is 1.69. The molecule has 1 aromatic carbocycles. The second-order valence-corrected chi connectivity index (χ2v) is 4.02. The Bertz CT molecular complexity index is 537. The van der Waals surface area contributed by atoms with E-state index in [1.165, 1.54) is 0 Å². The lowest BCUT2D eigenvalue weighted by atomic mass is 10.3. The zero-order chi connectivity index (χ0) is 13.7. The fourth-order valence-electron chi connectivity index (χ4n) is 1.69. The number of guanidine groups is 2. The van der Waals surface area contributed by atoms with Crippen LogP contribution in [0.2, 0.25) is 0 Å². The number of methoxy groups -OCH3 is 1. The summed E-state index contributed by atoms with van der Waals surface area (Å²) in [5.74, 6) is 1.21. The first-order valence-corrected chi connectivity index (χ1v) is 5.91. The van der Waals surface area contributed by atoms with Crippen LogP contribution in [-0.4, -0.2) is 37.0 Å². The van der Waals surface area contributed by atoms with E-state index >= 15 is 0 Å². The highest BCUT2D eigenvalue weighted by atomic mass is 35.5. The van der Waals surface area contributed by atoms with Crippen molar-refractivity contribution in [1.29, 1.82) is 0 Å². The Labute approximate surface area is 136 Å². The van der Waals surface area contributed by atoms with Crippen LogP contribution in [0.5, 0.6) is 5.75 Å². The van der Waals surface area contributed by atoms with Crippen molar-refractivity contribution in [2.45, 2.75) is 0 Å². The zero-order valence-corrected chi connectivity index (χ0v) is 13.2. The van der Waals surface area contributed by atoms with E-state index in [-0.39, 0.29) is 30.8 Å². The lowest BCUT2D eigenvalue weighted by Gasteiger charge is -2.15. The minimum Gasteiger partial charge on any atom is -0.497 e.